The molecule has 0 bridgehead atoms. The molecule has 5 heteroatoms. The molecular formula is C24H29NO4. The summed E-state index contributed by atoms with van der Waals surface area (Å²) in [5.74, 6) is 1.51. The first-order valence-electron chi connectivity index (χ1n) is 10.1. The van der Waals surface area contributed by atoms with E-state index in [1.54, 1.807) is 13.2 Å². The summed E-state index contributed by atoms with van der Waals surface area (Å²) in [5.41, 5.74) is 1.92. The molecule has 0 N–H and O–H groups in total. The summed E-state index contributed by atoms with van der Waals surface area (Å²) < 4.78 is 16.7. The highest BCUT2D eigenvalue weighted by atomic mass is 16.5. The molecule has 2 aromatic carbocycles. The van der Waals surface area contributed by atoms with Gasteiger partial charge in [-0.05, 0) is 49.6 Å². The van der Waals surface area contributed by atoms with Crippen molar-refractivity contribution < 1.29 is 19.0 Å². The molecule has 1 aliphatic heterocycles. The Balaban J connectivity index is 1.76. The van der Waals surface area contributed by atoms with Gasteiger partial charge in [0.1, 0.15) is 11.5 Å². The van der Waals surface area contributed by atoms with Crippen LogP contribution in [0.2, 0.25) is 0 Å². The molecule has 29 heavy (non-hydrogen) atoms. The van der Waals surface area contributed by atoms with Gasteiger partial charge in [-0.2, -0.15) is 0 Å². The molecule has 0 aliphatic carbocycles. The van der Waals surface area contributed by atoms with Gasteiger partial charge in [-0.15, -0.1) is 0 Å². The number of ether oxygens (including phenoxy) is 3. The van der Waals surface area contributed by atoms with Crippen LogP contribution in [0.15, 0.2) is 54.6 Å². The van der Waals surface area contributed by atoms with Crippen molar-refractivity contribution in [3.63, 3.8) is 0 Å². The standard InChI is InChI=1S/C24H29NO4/c1-3-28-23-12-5-4-9-20(23)13-14-24(26)25(18-22-11-7-15-29-22)17-19-8-6-10-21(16-19)27-2/h4-6,8-10,12-14,16,22H,3,7,11,15,17-18H2,1-2H3/b14-13+. The SMILES string of the molecule is CCOc1ccccc1/C=C/C(=O)N(Cc1cccc(OC)c1)CC1CCCO1. The second-order valence-electron chi connectivity index (χ2n) is 7.01. The minimum atomic E-state index is -0.0466. The summed E-state index contributed by atoms with van der Waals surface area (Å²) in [4.78, 5) is 14.9. The fourth-order valence-corrected chi connectivity index (χ4v) is 3.43. The smallest absolute Gasteiger partial charge is 0.246 e. The average molecular weight is 395 g/mol. The molecule has 1 saturated heterocycles. The highest BCUT2D eigenvalue weighted by molar-refractivity contribution is 5.92. The van der Waals surface area contributed by atoms with E-state index < -0.39 is 0 Å². The van der Waals surface area contributed by atoms with Crippen molar-refractivity contribution in [2.75, 3.05) is 26.9 Å². The van der Waals surface area contributed by atoms with Gasteiger partial charge in [0.15, 0.2) is 0 Å². The van der Waals surface area contributed by atoms with Crippen molar-refractivity contribution in [2.24, 2.45) is 0 Å². The third kappa shape index (κ3) is 6.09. The number of rotatable bonds is 9. The van der Waals surface area contributed by atoms with Gasteiger partial charge in [-0.3, -0.25) is 4.79 Å². The van der Waals surface area contributed by atoms with E-state index in [9.17, 15) is 4.79 Å². The van der Waals surface area contributed by atoms with Crippen LogP contribution in [0, 0.1) is 0 Å². The highest BCUT2D eigenvalue weighted by Crippen LogP contribution is 2.21. The van der Waals surface area contributed by atoms with Gasteiger partial charge in [-0.1, -0.05) is 30.3 Å². The molecule has 5 nitrogen and oxygen atoms in total. The van der Waals surface area contributed by atoms with Gasteiger partial charge in [0, 0.05) is 31.3 Å². The third-order valence-corrected chi connectivity index (χ3v) is 4.89. The van der Waals surface area contributed by atoms with E-state index in [4.69, 9.17) is 14.2 Å². The van der Waals surface area contributed by atoms with E-state index in [0.29, 0.717) is 19.7 Å². The summed E-state index contributed by atoms with van der Waals surface area (Å²) in [6, 6.07) is 15.5. The van der Waals surface area contributed by atoms with Crippen molar-refractivity contribution in [3.8, 4) is 11.5 Å². The lowest BCUT2D eigenvalue weighted by molar-refractivity contribution is -0.128. The second-order valence-corrected chi connectivity index (χ2v) is 7.01. The number of para-hydroxylation sites is 1. The number of hydrogen-bond donors (Lipinski definition) is 0. The summed E-state index contributed by atoms with van der Waals surface area (Å²) >= 11 is 0. The Morgan fingerprint density at radius 1 is 1.24 bits per heavy atom. The maximum absolute atomic E-state index is 13.0. The van der Waals surface area contributed by atoms with Crippen LogP contribution in [-0.2, 0) is 16.1 Å². The Labute approximate surface area is 172 Å². The molecule has 1 aliphatic rings. The quantitative estimate of drug-likeness (QED) is 0.594. The van der Waals surface area contributed by atoms with Gasteiger partial charge in [0.05, 0.1) is 19.8 Å². The molecule has 0 aromatic heterocycles. The number of carbonyl (C=O) groups is 1. The van der Waals surface area contributed by atoms with Gasteiger partial charge in [0.2, 0.25) is 5.91 Å². The highest BCUT2D eigenvalue weighted by Gasteiger charge is 2.22. The Hall–Kier alpha value is -2.79. The molecule has 1 atom stereocenters. The first-order chi connectivity index (χ1) is 14.2. The number of methoxy groups -OCH3 is 1. The summed E-state index contributed by atoms with van der Waals surface area (Å²) in [6.45, 7) is 4.38. The monoisotopic (exact) mass is 395 g/mol. The van der Waals surface area contributed by atoms with Gasteiger partial charge >= 0.3 is 0 Å². The zero-order chi connectivity index (χ0) is 20.5. The predicted molar refractivity (Wildman–Crippen MR) is 114 cm³/mol. The zero-order valence-corrected chi connectivity index (χ0v) is 17.2. The first kappa shape index (κ1) is 20.9. The Morgan fingerprint density at radius 2 is 2.10 bits per heavy atom. The van der Waals surface area contributed by atoms with Crippen LogP contribution in [0.1, 0.15) is 30.9 Å². The van der Waals surface area contributed by atoms with Crippen LogP contribution in [0.4, 0.5) is 0 Å². The first-order valence-corrected chi connectivity index (χ1v) is 10.1. The van der Waals surface area contributed by atoms with Crippen LogP contribution in [0.3, 0.4) is 0 Å². The maximum atomic E-state index is 13.0. The molecule has 1 amide bonds. The molecule has 0 spiro atoms. The van der Waals surface area contributed by atoms with E-state index in [2.05, 4.69) is 0 Å². The summed E-state index contributed by atoms with van der Waals surface area (Å²) in [5, 5.41) is 0. The largest absolute Gasteiger partial charge is 0.497 e. The zero-order valence-electron chi connectivity index (χ0n) is 17.2. The fraction of sp³-hybridized carbons (Fsp3) is 0.375. The molecular weight excluding hydrogens is 366 g/mol. The molecule has 2 aromatic rings. The minimum Gasteiger partial charge on any atom is -0.497 e. The van der Waals surface area contributed by atoms with E-state index in [-0.39, 0.29) is 12.0 Å². The van der Waals surface area contributed by atoms with E-state index in [1.165, 1.54) is 0 Å². The molecule has 0 radical (unpaired) electrons. The molecule has 0 saturated carbocycles. The normalized spacial score (nSPS) is 16.1. The van der Waals surface area contributed by atoms with Crippen LogP contribution >= 0.6 is 0 Å². The fourth-order valence-electron chi connectivity index (χ4n) is 3.43. The van der Waals surface area contributed by atoms with Crippen LogP contribution in [-0.4, -0.2) is 43.8 Å². The summed E-state index contributed by atoms with van der Waals surface area (Å²) in [6.07, 6.45) is 5.56. The van der Waals surface area contributed by atoms with Crippen LogP contribution in [0.5, 0.6) is 11.5 Å². The minimum absolute atomic E-state index is 0.0466. The number of amides is 1. The van der Waals surface area contributed by atoms with Crippen LogP contribution in [0.25, 0.3) is 6.08 Å². The van der Waals surface area contributed by atoms with Crippen molar-refractivity contribution in [2.45, 2.75) is 32.4 Å². The van der Waals surface area contributed by atoms with E-state index in [1.807, 2.05) is 66.4 Å². The summed E-state index contributed by atoms with van der Waals surface area (Å²) in [7, 11) is 1.65. The molecule has 3 rings (SSSR count). The van der Waals surface area contributed by atoms with Crippen molar-refractivity contribution in [1.29, 1.82) is 0 Å². The number of nitrogens with zero attached hydrogens (tertiary/aromatic N) is 1. The van der Waals surface area contributed by atoms with Crippen LogP contribution < -0.4 is 9.47 Å². The molecule has 1 unspecified atom stereocenters. The van der Waals surface area contributed by atoms with Gasteiger partial charge < -0.3 is 19.1 Å². The third-order valence-electron chi connectivity index (χ3n) is 4.89. The molecule has 1 fully saturated rings. The Kier molecular flexibility index (Phi) is 7.70. The van der Waals surface area contributed by atoms with Gasteiger partial charge in [0.25, 0.3) is 0 Å². The molecule has 1 heterocycles. The van der Waals surface area contributed by atoms with E-state index in [0.717, 1.165) is 42.1 Å². The lowest BCUT2D eigenvalue weighted by Gasteiger charge is -2.24. The maximum Gasteiger partial charge on any atom is 0.246 e. The van der Waals surface area contributed by atoms with Crippen molar-refractivity contribution in [1.82, 2.24) is 4.90 Å². The van der Waals surface area contributed by atoms with Crippen molar-refractivity contribution in [3.05, 3.63) is 65.7 Å². The molecule has 154 valence electrons. The second kappa shape index (κ2) is 10.7. The number of carbonyl (C=O) groups excluding carboxylic acids is 1. The Bertz CT molecular complexity index is 827. The topological polar surface area (TPSA) is 48.0 Å². The van der Waals surface area contributed by atoms with E-state index >= 15 is 0 Å². The van der Waals surface area contributed by atoms with Crippen molar-refractivity contribution >= 4 is 12.0 Å². The number of benzene rings is 2. The lowest BCUT2D eigenvalue weighted by Crippen LogP contribution is -2.35. The number of hydrogen-bond acceptors (Lipinski definition) is 4. The van der Waals surface area contributed by atoms with Gasteiger partial charge in [-0.25, -0.2) is 0 Å². The predicted octanol–water partition coefficient (Wildman–Crippen LogP) is 4.31. The Morgan fingerprint density at radius 3 is 2.86 bits per heavy atom. The average Bonchev–Trinajstić information content (AvgIpc) is 3.26. The lowest BCUT2D eigenvalue weighted by atomic mass is 10.1.